The summed E-state index contributed by atoms with van der Waals surface area (Å²) < 4.78 is 5.27. The Morgan fingerprint density at radius 3 is 3.00 bits per heavy atom. The van der Waals surface area contributed by atoms with E-state index in [0.29, 0.717) is 24.6 Å². The number of nitrogen functional groups attached to an aromatic ring is 1. The fraction of sp³-hybridized carbons (Fsp3) is 0.417. The fourth-order valence-electron chi connectivity index (χ4n) is 1.82. The van der Waals surface area contributed by atoms with E-state index in [1.54, 1.807) is 24.3 Å². The molecule has 0 spiro atoms. The standard InChI is InChI=1S/C12H17N3O2/c1-12(5-6-17-8-12)15-11(16)14-10-4-2-3-9(13)7-10/h2-4,7H,5-6,8,13H2,1H3,(H2,14,15,16). The van der Waals surface area contributed by atoms with E-state index in [-0.39, 0.29) is 11.6 Å². The maximum absolute atomic E-state index is 11.8. The summed E-state index contributed by atoms with van der Waals surface area (Å²) >= 11 is 0. The quantitative estimate of drug-likeness (QED) is 0.681. The van der Waals surface area contributed by atoms with Gasteiger partial charge in [-0.15, -0.1) is 0 Å². The van der Waals surface area contributed by atoms with Crippen LogP contribution in [-0.4, -0.2) is 24.8 Å². The second kappa shape index (κ2) is 4.63. The first-order valence-corrected chi connectivity index (χ1v) is 5.60. The maximum Gasteiger partial charge on any atom is 0.319 e. The van der Waals surface area contributed by atoms with E-state index in [0.717, 1.165) is 6.42 Å². The zero-order valence-electron chi connectivity index (χ0n) is 9.82. The lowest BCUT2D eigenvalue weighted by Crippen LogP contribution is -2.48. The van der Waals surface area contributed by atoms with Gasteiger partial charge in [0.1, 0.15) is 0 Å². The average Bonchev–Trinajstić information content (AvgIpc) is 2.64. The molecule has 1 fully saturated rings. The van der Waals surface area contributed by atoms with Crippen molar-refractivity contribution in [3.63, 3.8) is 0 Å². The number of urea groups is 1. The van der Waals surface area contributed by atoms with Crippen molar-refractivity contribution < 1.29 is 9.53 Å². The summed E-state index contributed by atoms with van der Waals surface area (Å²) in [7, 11) is 0. The summed E-state index contributed by atoms with van der Waals surface area (Å²) in [5, 5.41) is 5.66. The lowest BCUT2D eigenvalue weighted by molar-refractivity contribution is 0.172. The van der Waals surface area contributed by atoms with Crippen molar-refractivity contribution in [1.29, 1.82) is 0 Å². The Kier molecular flexibility index (Phi) is 3.19. The van der Waals surface area contributed by atoms with Crippen LogP contribution in [0.2, 0.25) is 0 Å². The van der Waals surface area contributed by atoms with E-state index in [1.807, 2.05) is 6.92 Å². The van der Waals surface area contributed by atoms with Crippen molar-refractivity contribution in [2.45, 2.75) is 18.9 Å². The summed E-state index contributed by atoms with van der Waals surface area (Å²) in [6.07, 6.45) is 0.831. The van der Waals surface area contributed by atoms with Gasteiger partial charge in [0.15, 0.2) is 0 Å². The van der Waals surface area contributed by atoms with Gasteiger partial charge in [0.05, 0.1) is 12.1 Å². The molecule has 1 aromatic rings. The van der Waals surface area contributed by atoms with Gasteiger partial charge in [0.25, 0.3) is 0 Å². The van der Waals surface area contributed by atoms with Gasteiger partial charge in [-0.25, -0.2) is 4.79 Å². The van der Waals surface area contributed by atoms with E-state index < -0.39 is 0 Å². The summed E-state index contributed by atoms with van der Waals surface area (Å²) in [5.41, 5.74) is 6.67. The monoisotopic (exact) mass is 235 g/mol. The second-order valence-corrected chi connectivity index (χ2v) is 4.57. The van der Waals surface area contributed by atoms with Crippen molar-refractivity contribution in [1.82, 2.24) is 5.32 Å². The molecule has 1 unspecified atom stereocenters. The average molecular weight is 235 g/mol. The van der Waals surface area contributed by atoms with Gasteiger partial charge in [0.2, 0.25) is 0 Å². The van der Waals surface area contributed by atoms with Crippen LogP contribution in [0.5, 0.6) is 0 Å². The van der Waals surface area contributed by atoms with Gasteiger partial charge in [-0.05, 0) is 31.5 Å². The molecule has 0 aromatic heterocycles. The molecule has 1 heterocycles. The molecule has 1 aliphatic rings. The number of nitrogens with one attached hydrogen (secondary N) is 2. The van der Waals surface area contributed by atoms with Gasteiger partial charge in [-0.1, -0.05) is 6.07 Å². The zero-order chi connectivity index (χ0) is 12.3. The summed E-state index contributed by atoms with van der Waals surface area (Å²) in [6.45, 7) is 3.21. The van der Waals surface area contributed by atoms with E-state index in [4.69, 9.17) is 10.5 Å². The minimum atomic E-state index is -0.273. The van der Waals surface area contributed by atoms with Crippen molar-refractivity contribution in [3.05, 3.63) is 24.3 Å². The summed E-state index contributed by atoms with van der Waals surface area (Å²) in [6, 6.07) is 6.85. The molecule has 5 heteroatoms. The normalized spacial score (nSPS) is 23.4. The number of benzene rings is 1. The second-order valence-electron chi connectivity index (χ2n) is 4.57. The van der Waals surface area contributed by atoms with Gasteiger partial charge in [-0.3, -0.25) is 0 Å². The smallest absolute Gasteiger partial charge is 0.319 e. The predicted octanol–water partition coefficient (Wildman–Crippen LogP) is 1.57. The summed E-state index contributed by atoms with van der Waals surface area (Å²) in [4.78, 5) is 11.8. The fourth-order valence-corrected chi connectivity index (χ4v) is 1.82. The van der Waals surface area contributed by atoms with Crippen LogP contribution in [0.3, 0.4) is 0 Å². The number of rotatable bonds is 2. The Hall–Kier alpha value is -1.75. The van der Waals surface area contributed by atoms with Crippen molar-refractivity contribution in [2.75, 3.05) is 24.3 Å². The number of hydrogen-bond acceptors (Lipinski definition) is 3. The minimum Gasteiger partial charge on any atom is -0.399 e. The van der Waals surface area contributed by atoms with Crippen LogP contribution < -0.4 is 16.4 Å². The molecule has 1 aliphatic heterocycles. The third-order valence-electron chi connectivity index (χ3n) is 2.78. The van der Waals surface area contributed by atoms with Crippen LogP contribution in [-0.2, 0) is 4.74 Å². The number of carbonyl (C=O) groups is 1. The largest absolute Gasteiger partial charge is 0.399 e. The van der Waals surface area contributed by atoms with Crippen LogP contribution in [0, 0.1) is 0 Å². The van der Waals surface area contributed by atoms with Crippen molar-refractivity contribution >= 4 is 17.4 Å². The topological polar surface area (TPSA) is 76.4 Å². The zero-order valence-corrected chi connectivity index (χ0v) is 9.82. The van der Waals surface area contributed by atoms with Gasteiger partial charge in [0, 0.05) is 18.0 Å². The molecular formula is C12H17N3O2. The first-order valence-electron chi connectivity index (χ1n) is 5.60. The third-order valence-corrected chi connectivity index (χ3v) is 2.78. The number of carbonyl (C=O) groups excluding carboxylic acids is 1. The lowest BCUT2D eigenvalue weighted by atomic mass is 10.0. The Morgan fingerprint density at radius 2 is 2.35 bits per heavy atom. The molecule has 5 nitrogen and oxygen atoms in total. The Labute approximate surface area is 100 Å². The molecule has 4 N–H and O–H groups in total. The van der Waals surface area contributed by atoms with Crippen molar-refractivity contribution in [2.24, 2.45) is 0 Å². The third kappa shape index (κ3) is 3.10. The predicted molar refractivity (Wildman–Crippen MR) is 66.8 cm³/mol. The molecule has 0 radical (unpaired) electrons. The van der Waals surface area contributed by atoms with Crippen molar-refractivity contribution in [3.8, 4) is 0 Å². The molecule has 0 saturated carbocycles. The molecule has 2 amide bonds. The Balaban J connectivity index is 1.93. The van der Waals surface area contributed by atoms with Gasteiger partial charge in [-0.2, -0.15) is 0 Å². The molecule has 1 saturated heterocycles. The highest BCUT2D eigenvalue weighted by Gasteiger charge is 2.31. The van der Waals surface area contributed by atoms with Crippen LogP contribution in [0.4, 0.5) is 16.2 Å². The SMILES string of the molecule is CC1(NC(=O)Nc2cccc(N)c2)CCOC1. The van der Waals surface area contributed by atoms with E-state index in [1.165, 1.54) is 0 Å². The van der Waals surface area contributed by atoms with Crippen LogP contribution in [0.25, 0.3) is 0 Å². The number of amides is 2. The number of nitrogens with two attached hydrogens (primary N) is 1. The molecule has 0 aliphatic carbocycles. The highest BCUT2D eigenvalue weighted by molar-refractivity contribution is 5.90. The van der Waals surface area contributed by atoms with Crippen LogP contribution in [0.15, 0.2) is 24.3 Å². The molecule has 17 heavy (non-hydrogen) atoms. The first-order chi connectivity index (χ1) is 8.07. The van der Waals surface area contributed by atoms with E-state index >= 15 is 0 Å². The summed E-state index contributed by atoms with van der Waals surface area (Å²) in [5.74, 6) is 0. The molecule has 1 atom stereocenters. The molecule has 92 valence electrons. The molecule has 1 aromatic carbocycles. The van der Waals surface area contributed by atoms with Crippen LogP contribution >= 0.6 is 0 Å². The van der Waals surface area contributed by atoms with Gasteiger partial charge >= 0.3 is 6.03 Å². The Bertz CT molecular complexity index is 414. The number of hydrogen-bond donors (Lipinski definition) is 3. The van der Waals surface area contributed by atoms with E-state index in [2.05, 4.69) is 10.6 Å². The Morgan fingerprint density at radius 1 is 1.53 bits per heavy atom. The maximum atomic E-state index is 11.8. The van der Waals surface area contributed by atoms with Gasteiger partial charge < -0.3 is 21.1 Å². The van der Waals surface area contributed by atoms with Crippen LogP contribution in [0.1, 0.15) is 13.3 Å². The molecule has 2 rings (SSSR count). The first kappa shape index (κ1) is 11.7. The molecular weight excluding hydrogens is 218 g/mol. The number of anilines is 2. The van der Waals surface area contributed by atoms with E-state index in [9.17, 15) is 4.79 Å². The minimum absolute atomic E-state index is 0.233. The highest BCUT2D eigenvalue weighted by atomic mass is 16.5. The lowest BCUT2D eigenvalue weighted by Gasteiger charge is -2.23. The molecule has 0 bridgehead atoms. The highest BCUT2D eigenvalue weighted by Crippen LogP contribution is 2.18. The number of ether oxygens (including phenoxy) is 1.